The van der Waals surface area contributed by atoms with Crippen molar-refractivity contribution < 1.29 is 13.2 Å². The second-order valence-corrected chi connectivity index (χ2v) is 8.23. The van der Waals surface area contributed by atoms with Crippen LogP contribution in [0.1, 0.15) is 17.7 Å². The number of sulfonamides is 1. The van der Waals surface area contributed by atoms with Crippen LogP contribution in [0.4, 0.5) is 0 Å². The highest BCUT2D eigenvalue weighted by Gasteiger charge is 2.29. The van der Waals surface area contributed by atoms with Crippen LogP contribution in [0.3, 0.4) is 0 Å². The van der Waals surface area contributed by atoms with Crippen LogP contribution in [-0.2, 0) is 21.2 Å². The second-order valence-electron chi connectivity index (χ2n) is 6.29. The summed E-state index contributed by atoms with van der Waals surface area (Å²) < 4.78 is 26.8. The van der Waals surface area contributed by atoms with Crippen molar-refractivity contribution >= 4 is 15.9 Å². The molecule has 1 saturated heterocycles. The molecule has 1 aliphatic rings. The summed E-state index contributed by atoms with van der Waals surface area (Å²) in [5.74, 6) is 0.0167. The molecule has 1 amide bonds. The highest BCUT2D eigenvalue weighted by molar-refractivity contribution is 7.89. The average Bonchev–Trinajstić information content (AvgIpc) is 2.67. The van der Waals surface area contributed by atoms with Crippen LogP contribution in [0.5, 0.6) is 0 Å². The lowest BCUT2D eigenvalue weighted by Gasteiger charge is -2.34. The molecule has 0 N–H and O–H groups in total. The number of nitrogens with zero attached hydrogens (tertiary/aromatic N) is 4. The van der Waals surface area contributed by atoms with Crippen LogP contribution in [0.2, 0.25) is 0 Å². The molecule has 1 fully saturated rings. The van der Waals surface area contributed by atoms with Gasteiger partial charge in [-0.15, -0.1) is 0 Å². The fourth-order valence-electron chi connectivity index (χ4n) is 2.89. The maximum atomic E-state index is 12.7. The number of hydrogen-bond donors (Lipinski definition) is 0. The van der Waals surface area contributed by atoms with E-state index < -0.39 is 10.0 Å². The second kappa shape index (κ2) is 7.92. The molecule has 2 aromatic rings. The molecule has 0 radical (unpaired) electrons. The summed E-state index contributed by atoms with van der Waals surface area (Å²) in [6, 6.07) is 6.84. The van der Waals surface area contributed by atoms with Crippen molar-refractivity contribution in [1.82, 2.24) is 19.2 Å². The number of amides is 1. The number of hydrogen-bond acceptors (Lipinski definition) is 5. The van der Waals surface area contributed by atoms with Crippen molar-refractivity contribution in [2.75, 3.05) is 26.2 Å². The van der Waals surface area contributed by atoms with E-state index in [1.54, 1.807) is 47.8 Å². The van der Waals surface area contributed by atoms with Crippen LogP contribution in [0, 0.1) is 6.92 Å². The minimum atomic E-state index is -3.51. The molecule has 3 rings (SSSR count). The van der Waals surface area contributed by atoms with Gasteiger partial charge in [0, 0.05) is 51.2 Å². The van der Waals surface area contributed by atoms with E-state index in [-0.39, 0.29) is 5.91 Å². The van der Waals surface area contributed by atoms with Gasteiger partial charge in [-0.3, -0.25) is 14.8 Å². The van der Waals surface area contributed by atoms with Crippen molar-refractivity contribution in [3.05, 3.63) is 54.1 Å². The Morgan fingerprint density at radius 2 is 1.77 bits per heavy atom. The molecular formula is C18H22N4O3S. The van der Waals surface area contributed by atoms with Gasteiger partial charge in [-0.25, -0.2) is 8.42 Å². The Balaban J connectivity index is 1.55. The monoisotopic (exact) mass is 374 g/mol. The number of rotatable bonds is 5. The van der Waals surface area contributed by atoms with Crippen LogP contribution in [0.25, 0.3) is 0 Å². The van der Waals surface area contributed by atoms with Gasteiger partial charge in [-0.05, 0) is 25.5 Å². The Morgan fingerprint density at radius 3 is 2.38 bits per heavy atom. The topological polar surface area (TPSA) is 83.5 Å². The lowest BCUT2D eigenvalue weighted by molar-refractivity contribution is -0.132. The van der Waals surface area contributed by atoms with Crippen molar-refractivity contribution in [2.45, 2.75) is 24.7 Å². The SMILES string of the molecule is Cc1ccc(S(=O)(=O)N2CCN(C(=O)CCc3cnccn3)CC2)cc1. The lowest BCUT2D eigenvalue weighted by Crippen LogP contribution is -2.50. The Morgan fingerprint density at radius 1 is 1.08 bits per heavy atom. The first-order valence-electron chi connectivity index (χ1n) is 8.56. The van der Waals surface area contributed by atoms with Crippen molar-refractivity contribution in [3.8, 4) is 0 Å². The van der Waals surface area contributed by atoms with E-state index in [9.17, 15) is 13.2 Å². The molecule has 0 unspecified atom stereocenters. The highest BCUT2D eigenvalue weighted by Crippen LogP contribution is 2.18. The predicted octanol–water partition coefficient (Wildman–Crippen LogP) is 1.25. The van der Waals surface area contributed by atoms with Crippen LogP contribution >= 0.6 is 0 Å². The maximum absolute atomic E-state index is 12.7. The van der Waals surface area contributed by atoms with Gasteiger partial charge in [0.2, 0.25) is 15.9 Å². The first-order chi connectivity index (χ1) is 12.5. The Kier molecular flexibility index (Phi) is 5.63. The van der Waals surface area contributed by atoms with Crippen LogP contribution < -0.4 is 0 Å². The summed E-state index contributed by atoms with van der Waals surface area (Å²) in [4.78, 5) is 22.5. The number of carbonyl (C=O) groups excluding carboxylic acids is 1. The smallest absolute Gasteiger partial charge is 0.243 e. The summed E-state index contributed by atoms with van der Waals surface area (Å²) in [5, 5.41) is 0. The van der Waals surface area contributed by atoms with Crippen LogP contribution in [-0.4, -0.2) is 59.7 Å². The normalized spacial score (nSPS) is 15.8. The zero-order chi connectivity index (χ0) is 18.6. The zero-order valence-corrected chi connectivity index (χ0v) is 15.5. The zero-order valence-electron chi connectivity index (χ0n) is 14.7. The summed E-state index contributed by atoms with van der Waals surface area (Å²) in [6.07, 6.45) is 5.74. The molecule has 0 spiro atoms. The summed E-state index contributed by atoms with van der Waals surface area (Å²) in [5.41, 5.74) is 1.80. The van der Waals surface area contributed by atoms with Gasteiger partial charge in [-0.2, -0.15) is 4.31 Å². The largest absolute Gasteiger partial charge is 0.340 e. The molecule has 0 saturated carbocycles. The van der Waals surface area contributed by atoms with Crippen molar-refractivity contribution in [1.29, 1.82) is 0 Å². The van der Waals surface area contributed by atoms with Gasteiger partial charge in [-0.1, -0.05) is 17.7 Å². The highest BCUT2D eigenvalue weighted by atomic mass is 32.2. The van der Waals surface area contributed by atoms with E-state index in [4.69, 9.17) is 0 Å². The molecule has 0 bridgehead atoms. The third-order valence-electron chi connectivity index (χ3n) is 4.46. The minimum absolute atomic E-state index is 0.0167. The fraction of sp³-hybridized carbons (Fsp3) is 0.389. The molecule has 1 aromatic heterocycles. The summed E-state index contributed by atoms with van der Waals surface area (Å²) in [7, 11) is -3.51. The number of piperazine rings is 1. The average molecular weight is 374 g/mol. The Labute approximate surface area is 153 Å². The molecule has 7 nitrogen and oxygen atoms in total. The number of carbonyl (C=O) groups is 1. The number of benzene rings is 1. The van der Waals surface area contributed by atoms with Gasteiger partial charge in [0.25, 0.3) is 0 Å². The molecule has 138 valence electrons. The standard InChI is InChI=1S/C18H22N4O3S/c1-15-2-5-17(6-3-15)26(24,25)22-12-10-21(11-13-22)18(23)7-4-16-14-19-8-9-20-16/h2-3,5-6,8-9,14H,4,7,10-13H2,1H3. The van der Waals surface area contributed by atoms with E-state index in [0.29, 0.717) is 43.9 Å². The Hall–Kier alpha value is -2.32. The van der Waals surface area contributed by atoms with E-state index in [1.165, 1.54) is 4.31 Å². The van der Waals surface area contributed by atoms with Gasteiger partial charge >= 0.3 is 0 Å². The van der Waals surface area contributed by atoms with Gasteiger partial charge in [0.1, 0.15) is 0 Å². The molecule has 8 heteroatoms. The third kappa shape index (κ3) is 4.25. The molecular weight excluding hydrogens is 352 g/mol. The van der Waals surface area contributed by atoms with Gasteiger partial charge in [0.15, 0.2) is 0 Å². The van der Waals surface area contributed by atoms with E-state index in [2.05, 4.69) is 9.97 Å². The molecule has 0 atom stereocenters. The first-order valence-corrected chi connectivity index (χ1v) is 10.0. The molecule has 26 heavy (non-hydrogen) atoms. The summed E-state index contributed by atoms with van der Waals surface area (Å²) >= 11 is 0. The molecule has 2 heterocycles. The van der Waals surface area contributed by atoms with Crippen molar-refractivity contribution in [2.24, 2.45) is 0 Å². The van der Waals surface area contributed by atoms with E-state index >= 15 is 0 Å². The van der Waals surface area contributed by atoms with E-state index in [1.807, 2.05) is 6.92 Å². The minimum Gasteiger partial charge on any atom is -0.340 e. The number of aromatic nitrogens is 2. The van der Waals surface area contributed by atoms with Gasteiger partial charge in [0.05, 0.1) is 10.6 Å². The fourth-order valence-corrected chi connectivity index (χ4v) is 4.31. The predicted molar refractivity (Wildman–Crippen MR) is 96.9 cm³/mol. The molecule has 0 aliphatic carbocycles. The first kappa shape index (κ1) is 18.5. The molecule has 1 aliphatic heterocycles. The van der Waals surface area contributed by atoms with Crippen LogP contribution in [0.15, 0.2) is 47.8 Å². The maximum Gasteiger partial charge on any atom is 0.243 e. The lowest BCUT2D eigenvalue weighted by atomic mass is 10.2. The van der Waals surface area contributed by atoms with E-state index in [0.717, 1.165) is 11.3 Å². The van der Waals surface area contributed by atoms with Gasteiger partial charge < -0.3 is 4.90 Å². The molecule has 1 aromatic carbocycles. The Bertz CT molecular complexity index is 846. The summed E-state index contributed by atoms with van der Waals surface area (Å²) in [6.45, 7) is 3.36. The van der Waals surface area contributed by atoms with Crippen molar-refractivity contribution in [3.63, 3.8) is 0 Å². The third-order valence-corrected chi connectivity index (χ3v) is 6.37. The number of aryl methyl sites for hydroxylation is 2. The quantitative estimate of drug-likeness (QED) is 0.787.